The summed E-state index contributed by atoms with van der Waals surface area (Å²) in [6, 6.07) is 13.8. The lowest BCUT2D eigenvalue weighted by molar-refractivity contribution is -0.118. The molecule has 1 N–H and O–H groups in total. The number of thioether (sulfide) groups is 1. The van der Waals surface area contributed by atoms with E-state index in [1.54, 1.807) is 13.3 Å². The molecule has 3 rings (SSSR count). The lowest BCUT2D eigenvalue weighted by Crippen LogP contribution is -2.25. The maximum atomic E-state index is 12.2. The van der Waals surface area contributed by atoms with Crippen LogP contribution in [-0.2, 0) is 11.2 Å². The topological polar surface area (TPSA) is 63.1 Å². The van der Waals surface area contributed by atoms with Crippen molar-refractivity contribution in [2.24, 2.45) is 10.2 Å². The van der Waals surface area contributed by atoms with Crippen molar-refractivity contribution < 1.29 is 9.53 Å². The second kappa shape index (κ2) is 8.19. The van der Waals surface area contributed by atoms with Crippen LogP contribution in [0.1, 0.15) is 22.3 Å². The summed E-state index contributed by atoms with van der Waals surface area (Å²) in [5.41, 5.74) is 4.57. The normalized spacial score (nSPS) is 18.5. The van der Waals surface area contributed by atoms with E-state index < -0.39 is 0 Å². The van der Waals surface area contributed by atoms with Gasteiger partial charge in [-0.1, -0.05) is 30.0 Å². The standard InChI is InChI=1S/C20H21N3O2S/c1-13-4-5-16(10-14(13)2)11-18-19(24)22-20(26-18)23-21-12-15-6-8-17(25-3)9-7-15/h4-10,12,18H,11H2,1-3H3,(H,22,23,24)/b21-12+. The number of amides is 1. The van der Waals surface area contributed by atoms with Crippen LogP contribution in [0.5, 0.6) is 5.75 Å². The Balaban J connectivity index is 1.61. The number of carbonyl (C=O) groups is 1. The molecule has 1 aliphatic heterocycles. The van der Waals surface area contributed by atoms with Crippen LogP contribution in [0.3, 0.4) is 0 Å². The Morgan fingerprint density at radius 2 is 1.92 bits per heavy atom. The van der Waals surface area contributed by atoms with Gasteiger partial charge < -0.3 is 10.1 Å². The summed E-state index contributed by atoms with van der Waals surface area (Å²) >= 11 is 1.42. The number of ether oxygens (including phenoxy) is 1. The first-order valence-electron chi connectivity index (χ1n) is 8.34. The molecule has 0 aliphatic carbocycles. The third-order valence-corrected chi connectivity index (χ3v) is 5.31. The summed E-state index contributed by atoms with van der Waals surface area (Å²) in [4.78, 5) is 12.2. The van der Waals surface area contributed by atoms with Crippen LogP contribution < -0.4 is 10.1 Å². The monoisotopic (exact) mass is 367 g/mol. The van der Waals surface area contributed by atoms with Gasteiger partial charge in [-0.25, -0.2) is 0 Å². The molecule has 1 fully saturated rings. The van der Waals surface area contributed by atoms with E-state index in [9.17, 15) is 4.79 Å². The molecule has 1 unspecified atom stereocenters. The summed E-state index contributed by atoms with van der Waals surface area (Å²) in [7, 11) is 1.63. The molecule has 5 nitrogen and oxygen atoms in total. The predicted octanol–water partition coefficient (Wildman–Crippen LogP) is 3.48. The minimum atomic E-state index is -0.174. The summed E-state index contributed by atoms with van der Waals surface area (Å²) in [6.45, 7) is 4.17. The van der Waals surface area contributed by atoms with Crippen molar-refractivity contribution in [2.45, 2.75) is 25.5 Å². The highest BCUT2D eigenvalue weighted by atomic mass is 32.2. The molecule has 2 aromatic carbocycles. The highest BCUT2D eigenvalue weighted by Gasteiger charge is 2.30. The third-order valence-electron chi connectivity index (χ3n) is 4.24. The Kier molecular flexibility index (Phi) is 5.73. The highest BCUT2D eigenvalue weighted by molar-refractivity contribution is 8.15. The van der Waals surface area contributed by atoms with E-state index in [0.717, 1.165) is 16.9 Å². The van der Waals surface area contributed by atoms with E-state index in [0.29, 0.717) is 11.6 Å². The fraction of sp³-hybridized carbons (Fsp3) is 0.250. The van der Waals surface area contributed by atoms with Crippen molar-refractivity contribution in [2.75, 3.05) is 7.11 Å². The highest BCUT2D eigenvalue weighted by Crippen LogP contribution is 2.24. The lowest BCUT2D eigenvalue weighted by atomic mass is 10.0. The van der Waals surface area contributed by atoms with E-state index in [-0.39, 0.29) is 11.2 Å². The first-order valence-corrected chi connectivity index (χ1v) is 9.22. The molecule has 1 heterocycles. The van der Waals surface area contributed by atoms with Gasteiger partial charge in [0.1, 0.15) is 5.75 Å². The Morgan fingerprint density at radius 3 is 2.62 bits per heavy atom. The van der Waals surface area contributed by atoms with Gasteiger partial charge >= 0.3 is 0 Å². The van der Waals surface area contributed by atoms with Crippen LogP contribution in [0.2, 0.25) is 0 Å². The first kappa shape index (κ1) is 18.2. The molecule has 6 heteroatoms. The molecule has 0 radical (unpaired) electrons. The van der Waals surface area contributed by atoms with Gasteiger partial charge in [-0.3, -0.25) is 4.79 Å². The molecule has 2 aromatic rings. The molecule has 1 atom stereocenters. The summed E-state index contributed by atoms with van der Waals surface area (Å²) in [6.07, 6.45) is 2.33. The second-order valence-electron chi connectivity index (χ2n) is 6.14. The molecule has 1 saturated heterocycles. The predicted molar refractivity (Wildman–Crippen MR) is 107 cm³/mol. The van der Waals surface area contributed by atoms with Crippen LogP contribution in [0.4, 0.5) is 0 Å². The van der Waals surface area contributed by atoms with Crippen molar-refractivity contribution in [3.05, 3.63) is 64.7 Å². The minimum absolute atomic E-state index is 0.0216. The third kappa shape index (κ3) is 4.52. The van der Waals surface area contributed by atoms with Gasteiger partial charge in [-0.2, -0.15) is 5.10 Å². The lowest BCUT2D eigenvalue weighted by Gasteiger charge is -2.07. The van der Waals surface area contributed by atoms with E-state index >= 15 is 0 Å². The number of benzene rings is 2. The largest absolute Gasteiger partial charge is 0.497 e. The maximum Gasteiger partial charge on any atom is 0.239 e. The van der Waals surface area contributed by atoms with E-state index in [1.807, 2.05) is 24.3 Å². The minimum Gasteiger partial charge on any atom is -0.497 e. The van der Waals surface area contributed by atoms with Crippen molar-refractivity contribution in [3.8, 4) is 5.75 Å². The maximum absolute atomic E-state index is 12.2. The molecular weight excluding hydrogens is 346 g/mol. The summed E-state index contributed by atoms with van der Waals surface area (Å²) in [5, 5.41) is 11.3. The summed E-state index contributed by atoms with van der Waals surface area (Å²) in [5.74, 6) is 0.771. The molecule has 26 heavy (non-hydrogen) atoms. The van der Waals surface area contributed by atoms with Crippen LogP contribution in [0.25, 0.3) is 0 Å². The van der Waals surface area contributed by atoms with Gasteiger partial charge in [0, 0.05) is 0 Å². The smallest absolute Gasteiger partial charge is 0.239 e. The van der Waals surface area contributed by atoms with Gasteiger partial charge in [0.2, 0.25) is 5.91 Å². The number of amidine groups is 1. The number of hydrogen-bond acceptors (Lipinski definition) is 5. The molecule has 1 aliphatic rings. The SMILES string of the molecule is COc1ccc(/C=N/N=C2/NC(=O)C(Cc3ccc(C)c(C)c3)S2)cc1. The molecule has 1 amide bonds. The van der Waals surface area contributed by atoms with Gasteiger partial charge in [0.05, 0.1) is 18.6 Å². The van der Waals surface area contributed by atoms with E-state index in [1.165, 1.54) is 22.9 Å². The number of aryl methyl sites for hydroxylation is 2. The van der Waals surface area contributed by atoms with Crippen LogP contribution in [0, 0.1) is 13.8 Å². The van der Waals surface area contributed by atoms with Crippen LogP contribution in [-0.4, -0.2) is 29.6 Å². The molecule has 0 spiro atoms. The fourth-order valence-electron chi connectivity index (χ4n) is 2.57. The number of methoxy groups -OCH3 is 1. The zero-order chi connectivity index (χ0) is 18.5. The molecule has 0 bridgehead atoms. The van der Waals surface area contributed by atoms with Crippen molar-refractivity contribution in [1.82, 2.24) is 5.32 Å². The van der Waals surface area contributed by atoms with Crippen LogP contribution >= 0.6 is 11.8 Å². The average Bonchev–Trinajstić information content (AvgIpc) is 2.98. The first-order chi connectivity index (χ1) is 12.5. The summed E-state index contributed by atoms with van der Waals surface area (Å²) < 4.78 is 5.12. The zero-order valence-corrected chi connectivity index (χ0v) is 15.8. The van der Waals surface area contributed by atoms with Gasteiger partial charge in [0.15, 0.2) is 5.17 Å². The molecular formula is C20H21N3O2S. The van der Waals surface area contributed by atoms with Gasteiger partial charge in [-0.05, 0) is 66.8 Å². The number of rotatable bonds is 5. The fourth-order valence-corrected chi connectivity index (χ4v) is 3.53. The van der Waals surface area contributed by atoms with Crippen molar-refractivity contribution >= 4 is 29.1 Å². The van der Waals surface area contributed by atoms with Gasteiger partial charge in [-0.15, -0.1) is 5.10 Å². The van der Waals surface area contributed by atoms with Crippen molar-refractivity contribution in [3.63, 3.8) is 0 Å². The number of nitrogens with one attached hydrogen (secondary N) is 1. The zero-order valence-electron chi connectivity index (χ0n) is 15.0. The Bertz CT molecular complexity index is 860. The molecule has 134 valence electrons. The quantitative estimate of drug-likeness (QED) is 0.650. The van der Waals surface area contributed by atoms with Crippen molar-refractivity contribution in [1.29, 1.82) is 0 Å². The molecule has 0 aromatic heterocycles. The number of nitrogens with zero attached hydrogens (tertiary/aromatic N) is 2. The number of carbonyl (C=O) groups excluding carboxylic acids is 1. The van der Waals surface area contributed by atoms with Crippen LogP contribution in [0.15, 0.2) is 52.7 Å². The van der Waals surface area contributed by atoms with Gasteiger partial charge in [0.25, 0.3) is 0 Å². The number of hydrogen-bond donors (Lipinski definition) is 1. The average molecular weight is 367 g/mol. The van der Waals surface area contributed by atoms with E-state index in [2.05, 4.69) is 47.6 Å². The Labute approximate surface area is 157 Å². The van der Waals surface area contributed by atoms with E-state index in [4.69, 9.17) is 4.74 Å². The molecule has 0 saturated carbocycles. The second-order valence-corrected chi connectivity index (χ2v) is 7.33. The Morgan fingerprint density at radius 1 is 1.15 bits per heavy atom. The Hall–Kier alpha value is -2.60.